The van der Waals surface area contributed by atoms with E-state index in [9.17, 15) is 4.79 Å². The minimum atomic E-state index is -0.0962. The summed E-state index contributed by atoms with van der Waals surface area (Å²) in [5.74, 6) is 3.02. The van der Waals surface area contributed by atoms with Crippen LogP contribution in [0.5, 0.6) is 0 Å². The van der Waals surface area contributed by atoms with Gasteiger partial charge in [0.1, 0.15) is 11.8 Å². The molecule has 2 saturated carbocycles. The van der Waals surface area contributed by atoms with Crippen molar-refractivity contribution in [2.75, 3.05) is 25.0 Å². The highest BCUT2D eigenvalue weighted by atomic mass is 16.2. The zero-order valence-corrected chi connectivity index (χ0v) is 24.7. The van der Waals surface area contributed by atoms with Crippen LogP contribution in [-0.4, -0.2) is 40.4 Å². The van der Waals surface area contributed by atoms with Crippen LogP contribution in [0.2, 0.25) is 0 Å². The lowest BCUT2D eigenvalue weighted by Gasteiger charge is -2.58. The van der Waals surface area contributed by atoms with Crippen LogP contribution in [0.25, 0.3) is 0 Å². The summed E-state index contributed by atoms with van der Waals surface area (Å²) in [5, 5.41) is 12.0. The molecule has 3 fully saturated rings. The molecular formula is C34H47N5O. The van der Waals surface area contributed by atoms with Gasteiger partial charge in [-0.3, -0.25) is 15.0 Å². The van der Waals surface area contributed by atoms with Crippen molar-refractivity contribution in [3.8, 4) is 6.07 Å². The van der Waals surface area contributed by atoms with Crippen molar-refractivity contribution in [3.05, 3.63) is 53.9 Å². The van der Waals surface area contributed by atoms with Gasteiger partial charge < -0.3 is 0 Å². The molecule has 0 radical (unpaired) electrons. The van der Waals surface area contributed by atoms with E-state index in [4.69, 9.17) is 5.26 Å². The molecule has 2 heterocycles. The lowest BCUT2D eigenvalue weighted by molar-refractivity contribution is -0.121. The zero-order chi connectivity index (χ0) is 28.2. The average molecular weight is 542 g/mol. The molecule has 1 aromatic carbocycles. The van der Waals surface area contributed by atoms with Gasteiger partial charge in [0.15, 0.2) is 0 Å². The summed E-state index contributed by atoms with van der Waals surface area (Å²) >= 11 is 0. The molecule has 5 rings (SSSR count). The smallest absolute Gasteiger partial charge is 0.240 e. The molecular weight excluding hydrogens is 494 g/mol. The molecule has 1 spiro atoms. The van der Waals surface area contributed by atoms with Crippen molar-refractivity contribution >= 4 is 11.9 Å². The first kappa shape index (κ1) is 28.7. The van der Waals surface area contributed by atoms with Crippen LogP contribution in [0, 0.1) is 40.4 Å². The first-order valence-electron chi connectivity index (χ1n) is 15.7. The highest BCUT2D eigenvalue weighted by Crippen LogP contribution is 2.58. The Balaban J connectivity index is 1.34. The van der Waals surface area contributed by atoms with Crippen LogP contribution in [0.15, 0.2) is 42.6 Å². The summed E-state index contributed by atoms with van der Waals surface area (Å²) in [6, 6.07) is 14.9. The van der Waals surface area contributed by atoms with Crippen LogP contribution in [-0.2, 0) is 10.2 Å². The monoisotopic (exact) mass is 541 g/mol. The van der Waals surface area contributed by atoms with Crippen LogP contribution < -0.4 is 5.32 Å². The normalized spacial score (nSPS) is 29.9. The fraction of sp³-hybridized carbons (Fsp3) is 0.647. The Hall–Kier alpha value is -2.78. The van der Waals surface area contributed by atoms with E-state index in [1.165, 1.54) is 76.0 Å². The molecule has 3 aliphatic rings. The van der Waals surface area contributed by atoms with Crippen LogP contribution in [0.4, 0.5) is 5.95 Å². The van der Waals surface area contributed by atoms with Crippen molar-refractivity contribution in [1.82, 2.24) is 14.9 Å². The predicted octanol–water partition coefficient (Wildman–Crippen LogP) is 6.98. The molecule has 1 aliphatic heterocycles. The average Bonchev–Trinajstić information content (AvgIpc) is 2.93. The number of piperidine rings is 1. The largest absolute Gasteiger partial charge is 0.294 e. The Morgan fingerprint density at radius 2 is 1.93 bits per heavy atom. The highest BCUT2D eigenvalue weighted by molar-refractivity contribution is 5.90. The molecule has 3 atom stereocenters. The quantitative estimate of drug-likeness (QED) is 0.370. The summed E-state index contributed by atoms with van der Waals surface area (Å²) < 4.78 is 0. The number of hydrogen-bond acceptors (Lipinski definition) is 5. The second-order valence-corrected chi connectivity index (χ2v) is 13.4. The number of anilines is 1. The third-order valence-corrected chi connectivity index (χ3v) is 10.8. The Morgan fingerprint density at radius 1 is 1.18 bits per heavy atom. The van der Waals surface area contributed by atoms with Crippen molar-refractivity contribution in [1.29, 1.82) is 5.26 Å². The number of benzene rings is 1. The lowest BCUT2D eigenvalue weighted by Crippen LogP contribution is -2.57. The Kier molecular flexibility index (Phi) is 8.90. The van der Waals surface area contributed by atoms with Gasteiger partial charge in [0.25, 0.3) is 0 Å². The fourth-order valence-corrected chi connectivity index (χ4v) is 8.27. The molecule has 1 saturated heterocycles. The number of aromatic nitrogens is 2. The number of likely N-dealkylation sites (tertiary alicyclic amines) is 1. The number of rotatable bonds is 9. The summed E-state index contributed by atoms with van der Waals surface area (Å²) in [6.07, 6.45) is 14.5. The Morgan fingerprint density at radius 3 is 2.58 bits per heavy atom. The van der Waals surface area contributed by atoms with Crippen molar-refractivity contribution in [2.24, 2.45) is 29.1 Å². The molecule has 6 nitrogen and oxygen atoms in total. The molecule has 1 aromatic heterocycles. The van der Waals surface area contributed by atoms with Gasteiger partial charge in [0.05, 0.1) is 6.54 Å². The van der Waals surface area contributed by atoms with Crippen LogP contribution in [0.3, 0.4) is 0 Å². The first-order chi connectivity index (χ1) is 19.3. The molecule has 0 bridgehead atoms. The van der Waals surface area contributed by atoms with E-state index in [0.717, 1.165) is 24.9 Å². The van der Waals surface area contributed by atoms with E-state index in [1.807, 2.05) is 6.07 Å². The number of amides is 1. The van der Waals surface area contributed by atoms with E-state index in [2.05, 4.69) is 71.3 Å². The molecule has 1 amide bonds. The molecule has 2 aliphatic carbocycles. The third kappa shape index (κ3) is 6.25. The minimum Gasteiger partial charge on any atom is -0.294 e. The molecule has 1 N–H and O–H groups in total. The van der Waals surface area contributed by atoms with Crippen LogP contribution in [0.1, 0.15) is 96.2 Å². The summed E-state index contributed by atoms with van der Waals surface area (Å²) in [6.45, 7) is 9.49. The third-order valence-electron chi connectivity index (χ3n) is 10.8. The zero-order valence-electron chi connectivity index (χ0n) is 24.7. The molecule has 3 unspecified atom stereocenters. The SMILES string of the molecule is CCC(C)C[C@]1(c2ccccc2)CC[C@]2(CC1)CN(CC(=O)Nc1nccc(C#N)n1)CC(C)C2CC1CCC1. The van der Waals surface area contributed by atoms with E-state index in [-0.39, 0.29) is 28.4 Å². The summed E-state index contributed by atoms with van der Waals surface area (Å²) in [5.41, 5.74) is 2.31. The number of carbonyl (C=O) groups excluding carboxylic acids is 1. The number of hydrogen-bond donors (Lipinski definition) is 1. The van der Waals surface area contributed by atoms with Crippen molar-refractivity contribution < 1.29 is 4.79 Å². The maximum atomic E-state index is 13.1. The summed E-state index contributed by atoms with van der Waals surface area (Å²) in [7, 11) is 0. The predicted molar refractivity (Wildman–Crippen MR) is 160 cm³/mol. The lowest BCUT2D eigenvalue weighted by atomic mass is 9.51. The van der Waals surface area contributed by atoms with Gasteiger partial charge in [-0.25, -0.2) is 9.97 Å². The van der Waals surface area contributed by atoms with Crippen molar-refractivity contribution in [2.45, 2.75) is 90.4 Å². The topological polar surface area (TPSA) is 81.9 Å². The van der Waals surface area contributed by atoms with Gasteiger partial charge in [-0.1, -0.05) is 76.8 Å². The summed E-state index contributed by atoms with van der Waals surface area (Å²) in [4.78, 5) is 23.8. The second-order valence-electron chi connectivity index (χ2n) is 13.4. The van der Waals surface area contributed by atoms with Crippen molar-refractivity contribution in [3.63, 3.8) is 0 Å². The van der Waals surface area contributed by atoms with Gasteiger partial charge in [-0.2, -0.15) is 5.26 Å². The van der Waals surface area contributed by atoms with E-state index in [0.29, 0.717) is 18.4 Å². The van der Waals surface area contributed by atoms with Gasteiger partial charge >= 0.3 is 0 Å². The molecule has 214 valence electrons. The molecule has 40 heavy (non-hydrogen) atoms. The fourth-order valence-electron chi connectivity index (χ4n) is 8.27. The Labute approximate surface area is 241 Å². The van der Waals surface area contributed by atoms with Crippen LogP contribution >= 0.6 is 0 Å². The van der Waals surface area contributed by atoms with E-state index < -0.39 is 0 Å². The number of carbonyl (C=O) groups is 1. The molecule has 6 heteroatoms. The van der Waals surface area contributed by atoms with Gasteiger partial charge in [0.2, 0.25) is 11.9 Å². The second kappa shape index (κ2) is 12.4. The Bertz CT molecular complexity index is 1180. The highest BCUT2D eigenvalue weighted by Gasteiger charge is 2.52. The van der Waals surface area contributed by atoms with Gasteiger partial charge in [-0.15, -0.1) is 0 Å². The van der Waals surface area contributed by atoms with Gasteiger partial charge in [-0.05, 0) is 84.7 Å². The minimum absolute atomic E-state index is 0.0962. The number of nitrogens with one attached hydrogen (secondary N) is 1. The van der Waals surface area contributed by atoms with E-state index in [1.54, 1.807) is 6.07 Å². The maximum absolute atomic E-state index is 13.1. The van der Waals surface area contributed by atoms with Gasteiger partial charge in [0, 0.05) is 19.3 Å². The maximum Gasteiger partial charge on any atom is 0.240 e. The number of nitrogens with zero attached hydrogens (tertiary/aromatic N) is 4. The molecule has 2 aromatic rings. The standard InChI is InChI=1S/C34H47N5O/c1-4-25(2)20-33(28-11-6-5-7-12-28)14-16-34(17-15-33)24-39(22-26(3)30(34)19-27-9-8-10-27)23-31(40)38-32-36-18-13-29(21-35)37-32/h5-7,11-13,18,25-27,30H,4,8-10,14-17,19-20,22-24H2,1-3H3,(H,36,37,38,40)/t25?,26?,30?,33-,34-. The number of nitriles is 1. The first-order valence-corrected chi connectivity index (χ1v) is 15.7. The van der Waals surface area contributed by atoms with E-state index >= 15 is 0 Å².